The molecule has 3 aromatic rings. The summed E-state index contributed by atoms with van der Waals surface area (Å²) < 4.78 is 13.7. The SMILES string of the molecule is O=c1[nH]c(-c2ccccc2F)nc2ccc(O)cc12. The Balaban J connectivity index is 2.31. The Kier molecular flexibility index (Phi) is 2.52. The first-order chi connectivity index (χ1) is 9.15. The molecule has 0 unspecified atom stereocenters. The van der Waals surface area contributed by atoms with Gasteiger partial charge in [0.15, 0.2) is 0 Å². The third-order valence-corrected chi connectivity index (χ3v) is 2.82. The van der Waals surface area contributed by atoms with Crippen LogP contribution in [-0.2, 0) is 0 Å². The van der Waals surface area contributed by atoms with Gasteiger partial charge in [0.2, 0.25) is 0 Å². The molecule has 2 N–H and O–H groups in total. The van der Waals surface area contributed by atoms with Gasteiger partial charge in [-0.3, -0.25) is 4.79 Å². The van der Waals surface area contributed by atoms with Crippen LogP contribution >= 0.6 is 0 Å². The summed E-state index contributed by atoms with van der Waals surface area (Å²) in [5.74, 6) is -0.302. The fourth-order valence-electron chi connectivity index (χ4n) is 1.91. The zero-order valence-corrected chi connectivity index (χ0v) is 9.72. The molecule has 0 radical (unpaired) electrons. The first kappa shape index (κ1) is 11.4. The number of hydrogen-bond donors (Lipinski definition) is 2. The number of rotatable bonds is 1. The van der Waals surface area contributed by atoms with Crippen molar-refractivity contribution >= 4 is 10.9 Å². The number of aromatic hydroxyl groups is 1. The molecule has 5 heteroatoms. The Morgan fingerprint density at radius 2 is 1.95 bits per heavy atom. The minimum atomic E-state index is -0.455. The van der Waals surface area contributed by atoms with Crippen LogP contribution in [0.4, 0.5) is 4.39 Å². The molecule has 0 bridgehead atoms. The zero-order chi connectivity index (χ0) is 13.4. The summed E-state index contributed by atoms with van der Waals surface area (Å²) in [7, 11) is 0. The summed E-state index contributed by atoms with van der Waals surface area (Å²) in [4.78, 5) is 18.6. The summed E-state index contributed by atoms with van der Waals surface area (Å²) in [6.07, 6.45) is 0. The van der Waals surface area contributed by atoms with Gasteiger partial charge in [-0.1, -0.05) is 12.1 Å². The van der Waals surface area contributed by atoms with Crippen LogP contribution in [0.2, 0.25) is 0 Å². The number of aromatic amines is 1. The molecule has 3 rings (SSSR count). The van der Waals surface area contributed by atoms with Crippen molar-refractivity contribution in [2.24, 2.45) is 0 Å². The average Bonchev–Trinajstić information content (AvgIpc) is 2.40. The maximum absolute atomic E-state index is 13.7. The number of aromatic nitrogens is 2. The van der Waals surface area contributed by atoms with Gasteiger partial charge in [0.05, 0.1) is 16.5 Å². The number of hydrogen-bond acceptors (Lipinski definition) is 3. The van der Waals surface area contributed by atoms with E-state index in [1.807, 2.05) is 0 Å². The second-order valence-electron chi connectivity index (χ2n) is 4.10. The normalized spacial score (nSPS) is 10.8. The first-order valence-corrected chi connectivity index (χ1v) is 5.63. The Morgan fingerprint density at radius 1 is 1.16 bits per heavy atom. The van der Waals surface area contributed by atoms with Crippen molar-refractivity contribution in [3.8, 4) is 17.1 Å². The summed E-state index contributed by atoms with van der Waals surface area (Å²) >= 11 is 0. The zero-order valence-electron chi connectivity index (χ0n) is 9.72. The Hall–Kier alpha value is -2.69. The number of nitrogens with zero attached hydrogens (tertiary/aromatic N) is 1. The molecule has 0 spiro atoms. The minimum absolute atomic E-state index is 0.0153. The van der Waals surface area contributed by atoms with E-state index < -0.39 is 11.4 Å². The molecule has 19 heavy (non-hydrogen) atoms. The van der Waals surface area contributed by atoms with Crippen LogP contribution in [0.25, 0.3) is 22.3 Å². The molecule has 0 aliphatic rings. The second-order valence-corrected chi connectivity index (χ2v) is 4.10. The number of phenols is 1. The van der Waals surface area contributed by atoms with Crippen molar-refractivity contribution in [1.29, 1.82) is 0 Å². The lowest BCUT2D eigenvalue weighted by molar-refractivity contribution is 0.476. The van der Waals surface area contributed by atoms with Gasteiger partial charge < -0.3 is 10.1 Å². The van der Waals surface area contributed by atoms with E-state index >= 15 is 0 Å². The van der Waals surface area contributed by atoms with Gasteiger partial charge in [-0.15, -0.1) is 0 Å². The number of H-pyrrole nitrogens is 1. The molecule has 0 saturated carbocycles. The largest absolute Gasteiger partial charge is 0.508 e. The molecule has 4 nitrogen and oxygen atoms in total. The van der Waals surface area contributed by atoms with Gasteiger partial charge in [-0.25, -0.2) is 9.37 Å². The number of halogens is 1. The fourth-order valence-corrected chi connectivity index (χ4v) is 1.91. The maximum Gasteiger partial charge on any atom is 0.259 e. The number of benzene rings is 2. The lowest BCUT2D eigenvalue weighted by Gasteiger charge is -2.04. The predicted molar refractivity (Wildman–Crippen MR) is 69.4 cm³/mol. The molecule has 0 atom stereocenters. The smallest absolute Gasteiger partial charge is 0.259 e. The lowest BCUT2D eigenvalue weighted by Crippen LogP contribution is -2.09. The Bertz CT molecular complexity index is 827. The topological polar surface area (TPSA) is 66.0 Å². The second kappa shape index (κ2) is 4.20. The molecule has 94 valence electrons. The van der Waals surface area contributed by atoms with Crippen LogP contribution in [0.1, 0.15) is 0 Å². The molecule has 0 aliphatic carbocycles. The molecule has 0 saturated heterocycles. The van der Waals surface area contributed by atoms with E-state index in [1.54, 1.807) is 18.2 Å². The quantitative estimate of drug-likeness (QED) is 0.702. The molecular weight excluding hydrogens is 247 g/mol. The highest BCUT2D eigenvalue weighted by Crippen LogP contribution is 2.21. The Labute approximate surface area is 107 Å². The van der Waals surface area contributed by atoms with Gasteiger partial charge in [0, 0.05) is 0 Å². The van der Waals surface area contributed by atoms with Crippen LogP contribution in [0.3, 0.4) is 0 Å². The number of nitrogens with one attached hydrogen (secondary N) is 1. The van der Waals surface area contributed by atoms with E-state index in [0.29, 0.717) is 5.52 Å². The van der Waals surface area contributed by atoms with E-state index in [4.69, 9.17) is 0 Å². The molecular formula is C14H9FN2O2. The molecule has 1 aromatic heterocycles. The predicted octanol–water partition coefficient (Wildman–Crippen LogP) is 2.43. The van der Waals surface area contributed by atoms with Gasteiger partial charge >= 0.3 is 0 Å². The monoisotopic (exact) mass is 256 g/mol. The summed E-state index contributed by atoms with van der Waals surface area (Å²) in [5.41, 5.74) is 0.216. The van der Waals surface area contributed by atoms with Crippen LogP contribution < -0.4 is 5.56 Å². The maximum atomic E-state index is 13.7. The Morgan fingerprint density at radius 3 is 2.74 bits per heavy atom. The van der Waals surface area contributed by atoms with Gasteiger partial charge in [-0.2, -0.15) is 0 Å². The van der Waals surface area contributed by atoms with E-state index in [-0.39, 0.29) is 22.5 Å². The van der Waals surface area contributed by atoms with Crippen molar-refractivity contribution in [2.45, 2.75) is 0 Å². The number of phenolic OH excluding ortho intramolecular Hbond substituents is 1. The fraction of sp³-hybridized carbons (Fsp3) is 0. The third-order valence-electron chi connectivity index (χ3n) is 2.82. The lowest BCUT2D eigenvalue weighted by atomic mass is 10.2. The average molecular weight is 256 g/mol. The van der Waals surface area contributed by atoms with E-state index in [9.17, 15) is 14.3 Å². The van der Waals surface area contributed by atoms with Crippen LogP contribution in [0.5, 0.6) is 5.75 Å². The highest BCUT2D eigenvalue weighted by atomic mass is 19.1. The molecule has 0 fully saturated rings. The van der Waals surface area contributed by atoms with E-state index in [2.05, 4.69) is 9.97 Å². The standard InChI is InChI=1S/C14H9FN2O2/c15-11-4-2-1-3-9(11)13-16-12-6-5-8(18)7-10(12)14(19)17-13/h1-7,18H,(H,16,17,19). The summed E-state index contributed by atoms with van der Waals surface area (Å²) in [5, 5.41) is 9.61. The van der Waals surface area contributed by atoms with Crippen LogP contribution in [0.15, 0.2) is 47.3 Å². The summed E-state index contributed by atoms with van der Waals surface area (Å²) in [6.45, 7) is 0. The molecule has 0 amide bonds. The van der Waals surface area contributed by atoms with Gasteiger partial charge in [0.25, 0.3) is 5.56 Å². The first-order valence-electron chi connectivity index (χ1n) is 5.63. The van der Waals surface area contributed by atoms with Crippen molar-refractivity contribution < 1.29 is 9.50 Å². The van der Waals surface area contributed by atoms with Gasteiger partial charge in [-0.05, 0) is 30.3 Å². The highest BCUT2D eigenvalue weighted by Gasteiger charge is 2.09. The van der Waals surface area contributed by atoms with Crippen molar-refractivity contribution in [3.05, 3.63) is 58.6 Å². The van der Waals surface area contributed by atoms with Crippen LogP contribution in [0, 0.1) is 5.82 Å². The third kappa shape index (κ3) is 1.95. The van der Waals surface area contributed by atoms with E-state index in [0.717, 1.165) is 0 Å². The van der Waals surface area contributed by atoms with E-state index in [1.165, 1.54) is 24.3 Å². The number of fused-ring (bicyclic) bond motifs is 1. The minimum Gasteiger partial charge on any atom is -0.508 e. The summed E-state index contributed by atoms with van der Waals surface area (Å²) in [6, 6.07) is 10.3. The van der Waals surface area contributed by atoms with Crippen molar-refractivity contribution in [3.63, 3.8) is 0 Å². The van der Waals surface area contributed by atoms with Crippen LogP contribution in [-0.4, -0.2) is 15.1 Å². The molecule has 2 aromatic carbocycles. The molecule has 1 heterocycles. The van der Waals surface area contributed by atoms with Crippen molar-refractivity contribution in [1.82, 2.24) is 9.97 Å². The highest BCUT2D eigenvalue weighted by molar-refractivity contribution is 5.80. The molecule has 0 aliphatic heterocycles. The van der Waals surface area contributed by atoms with Crippen molar-refractivity contribution in [2.75, 3.05) is 0 Å². The van der Waals surface area contributed by atoms with Gasteiger partial charge in [0.1, 0.15) is 17.4 Å².